The van der Waals surface area contributed by atoms with Crippen LogP contribution >= 0.6 is 0 Å². The van der Waals surface area contributed by atoms with Gasteiger partial charge in [0.25, 0.3) is 0 Å². The van der Waals surface area contributed by atoms with Gasteiger partial charge in [0.1, 0.15) is 6.61 Å². The Balaban J connectivity index is 2.23. The number of carbonyl (C=O) groups excluding carboxylic acids is 2. The average Bonchev–Trinajstić information content (AvgIpc) is 2.76. The first-order valence-electron chi connectivity index (χ1n) is 5.15. The van der Waals surface area contributed by atoms with Crippen molar-refractivity contribution in [3.63, 3.8) is 0 Å². The van der Waals surface area contributed by atoms with Gasteiger partial charge in [-0.05, 0) is 12.8 Å². The van der Waals surface area contributed by atoms with Crippen molar-refractivity contribution >= 4 is 11.9 Å². The van der Waals surface area contributed by atoms with E-state index in [-0.39, 0.29) is 6.61 Å². The molecule has 1 aliphatic heterocycles. The number of hydrogen-bond acceptors (Lipinski definition) is 5. The van der Waals surface area contributed by atoms with E-state index in [4.69, 9.17) is 4.84 Å². The van der Waals surface area contributed by atoms with Gasteiger partial charge in [-0.3, -0.25) is 0 Å². The van der Waals surface area contributed by atoms with Crippen molar-refractivity contribution in [1.29, 1.82) is 0 Å². The zero-order valence-electron chi connectivity index (χ0n) is 9.05. The number of hydrogen-bond donors (Lipinski definition) is 0. The Kier molecular flexibility index (Phi) is 5.28. The molecule has 1 fully saturated rings. The van der Waals surface area contributed by atoms with Gasteiger partial charge in [-0.15, -0.1) is 5.06 Å². The molecule has 5 nitrogen and oxygen atoms in total. The summed E-state index contributed by atoms with van der Waals surface area (Å²) < 4.78 is 4.65. The Hall–Kier alpha value is -1.62. The van der Waals surface area contributed by atoms with Crippen LogP contribution in [0.15, 0.2) is 24.8 Å². The van der Waals surface area contributed by atoms with Gasteiger partial charge in [-0.25, -0.2) is 9.59 Å². The lowest BCUT2D eigenvalue weighted by Gasteiger charge is -2.11. The quantitative estimate of drug-likeness (QED) is 0.394. The van der Waals surface area contributed by atoms with Gasteiger partial charge in [0.05, 0.1) is 0 Å². The maximum absolute atomic E-state index is 11.2. The fraction of sp³-hybridized carbons (Fsp3) is 0.455. The van der Waals surface area contributed by atoms with Crippen molar-refractivity contribution in [2.24, 2.45) is 0 Å². The highest BCUT2D eigenvalue weighted by molar-refractivity contribution is 5.91. The second-order valence-corrected chi connectivity index (χ2v) is 3.30. The van der Waals surface area contributed by atoms with Gasteiger partial charge >= 0.3 is 11.9 Å². The largest absolute Gasteiger partial charge is 0.458 e. The van der Waals surface area contributed by atoms with E-state index < -0.39 is 11.9 Å². The molecular weight excluding hydrogens is 210 g/mol. The molecule has 0 aromatic heterocycles. The molecule has 0 atom stereocenters. The van der Waals surface area contributed by atoms with Crippen molar-refractivity contribution in [1.82, 2.24) is 5.06 Å². The van der Waals surface area contributed by atoms with Crippen LogP contribution in [0.4, 0.5) is 0 Å². The monoisotopic (exact) mass is 225 g/mol. The van der Waals surface area contributed by atoms with Crippen LogP contribution in [0.3, 0.4) is 0 Å². The van der Waals surface area contributed by atoms with Crippen molar-refractivity contribution in [3.8, 4) is 0 Å². The minimum absolute atomic E-state index is 0.129. The summed E-state index contributed by atoms with van der Waals surface area (Å²) in [6, 6.07) is 0. The molecule has 0 N–H and O–H groups in total. The Labute approximate surface area is 94.3 Å². The number of rotatable bonds is 5. The minimum Gasteiger partial charge on any atom is -0.458 e. The molecule has 16 heavy (non-hydrogen) atoms. The Morgan fingerprint density at radius 3 is 2.44 bits per heavy atom. The van der Waals surface area contributed by atoms with Gasteiger partial charge < -0.3 is 9.57 Å². The highest BCUT2D eigenvalue weighted by atomic mass is 16.7. The number of esters is 1. The van der Waals surface area contributed by atoms with Gasteiger partial charge in [0.15, 0.2) is 0 Å². The van der Waals surface area contributed by atoms with E-state index in [2.05, 4.69) is 11.3 Å². The summed E-state index contributed by atoms with van der Waals surface area (Å²) in [5.74, 6) is -1.14. The molecule has 1 heterocycles. The summed E-state index contributed by atoms with van der Waals surface area (Å²) in [4.78, 5) is 27.1. The van der Waals surface area contributed by atoms with Crippen LogP contribution in [0.1, 0.15) is 12.8 Å². The van der Waals surface area contributed by atoms with Crippen molar-refractivity contribution < 1.29 is 19.2 Å². The van der Waals surface area contributed by atoms with Crippen LogP contribution in [0.2, 0.25) is 0 Å². The number of ether oxygens (including phenoxy) is 1. The van der Waals surface area contributed by atoms with Crippen LogP contribution in [0.5, 0.6) is 0 Å². The molecule has 0 spiro atoms. The number of nitrogens with zero attached hydrogens (tertiary/aromatic N) is 1. The van der Waals surface area contributed by atoms with Crippen LogP contribution in [0, 0.1) is 0 Å². The molecular formula is C11H15NO4. The maximum Gasteiger partial charge on any atom is 0.349 e. The van der Waals surface area contributed by atoms with E-state index in [9.17, 15) is 9.59 Å². The van der Waals surface area contributed by atoms with Crippen LogP contribution < -0.4 is 0 Å². The van der Waals surface area contributed by atoms with Gasteiger partial charge in [-0.2, -0.15) is 0 Å². The first kappa shape index (κ1) is 12.4. The summed E-state index contributed by atoms with van der Waals surface area (Å²) >= 11 is 0. The Morgan fingerprint density at radius 2 is 1.81 bits per heavy atom. The molecule has 0 aliphatic carbocycles. The predicted molar refractivity (Wildman–Crippen MR) is 57.2 cm³/mol. The Bertz CT molecular complexity index is 292. The predicted octanol–water partition coefficient (Wildman–Crippen LogP) is 0.826. The SMILES string of the molecule is C=CCOC(=O)/C=C\C(=O)ON1CCCC1. The zero-order valence-corrected chi connectivity index (χ0v) is 9.05. The van der Waals surface area contributed by atoms with E-state index in [1.54, 1.807) is 5.06 Å². The van der Waals surface area contributed by atoms with E-state index in [1.807, 2.05) is 0 Å². The minimum atomic E-state index is -0.585. The zero-order chi connectivity index (χ0) is 11.8. The molecule has 1 aliphatic rings. The molecule has 0 aromatic carbocycles. The van der Waals surface area contributed by atoms with Gasteiger partial charge in [0, 0.05) is 25.2 Å². The fourth-order valence-corrected chi connectivity index (χ4v) is 1.26. The first-order chi connectivity index (χ1) is 7.72. The molecule has 0 bridgehead atoms. The smallest absolute Gasteiger partial charge is 0.349 e. The van der Waals surface area contributed by atoms with Gasteiger partial charge in [-0.1, -0.05) is 12.7 Å². The summed E-state index contributed by atoms with van der Waals surface area (Å²) in [5.41, 5.74) is 0. The third-order valence-electron chi connectivity index (χ3n) is 1.98. The molecule has 1 saturated heterocycles. The fourth-order valence-electron chi connectivity index (χ4n) is 1.26. The lowest BCUT2D eigenvalue weighted by atomic mass is 10.4. The highest BCUT2D eigenvalue weighted by Gasteiger charge is 2.14. The lowest BCUT2D eigenvalue weighted by molar-refractivity contribution is -0.178. The molecule has 0 radical (unpaired) electrons. The van der Waals surface area contributed by atoms with Crippen LogP contribution in [-0.4, -0.2) is 36.7 Å². The first-order valence-corrected chi connectivity index (χ1v) is 5.15. The molecule has 0 saturated carbocycles. The third-order valence-corrected chi connectivity index (χ3v) is 1.98. The second-order valence-electron chi connectivity index (χ2n) is 3.30. The van der Waals surface area contributed by atoms with Crippen LogP contribution in [-0.2, 0) is 19.2 Å². The molecule has 88 valence electrons. The molecule has 0 aromatic rings. The average molecular weight is 225 g/mol. The van der Waals surface area contributed by atoms with E-state index >= 15 is 0 Å². The standard InChI is InChI=1S/C11H15NO4/c1-2-9-15-10(13)5-6-11(14)16-12-7-3-4-8-12/h2,5-6H,1,3-4,7-9H2/b6-5-. The molecule has 5 heteroatoms. The van der Waals surface area contributed by atoms with E-state index in [0.29, 0.717) is 0 Å². The number of hydroxylamine groups is 2. The van der Waals surface area contributed by atoms with Gasteiger partial charge in [0.2, 0.25) is 0 Å². The van der Waals surface area contributed by atoms with Crippen molar-refractivity contribution in [3.05, 3.63) is 24.8 Å². The van der Waals surface area contributed by atoms with Crippen LogP contribution in [0.25, 0.3) is 0 Å². The topological polar surface area (TPSA) is 55.8 Å². The summed E-state index contributed by atoms with van der Waals surface area (Å²) in [7, 11) is 0. The lowest BCUT2D eigenvalue weighted by Crippen LogP contribution is -2.23. The summed E-state index contributed by atoms with van der Waals surface area (Å²) in [6.45, 7) is 5.03. The van der Waals surface area contributed by atoms with Crippen molar-refractivity contribution in [2.75, 3.05) is 19.7 Å². The second kappa shape index (κ2) is 6.79. The van der Waals surface area contributed by atoms with E-state index in [1.165, 1.54) is 6.08 Å². The normalized spacial score (nSPS) is 16.2. The summed E-state index contributed by atoms with van der Waals surface area (Å²) in [6.07, 6.45) is 5.61. The highest BCUT2D eigenvalue weighted by Crippen LogP contribution is 2.07. The Morgan fingerprint density at radius 1 is 1.19 bits per heavy atom. The third kappa shape index (κ3) is 4.75. The van der Waals surface area contributed by atoms with E-state index in [0.717, 1.165) is 38.1 Å². The molecule has 0 amide bonds. The number of carbonyl (C=O) groups is 2. The molecule has 0 unspecified atom stereocenters. The van der Waals surface area contributed by atoms with Crippen molar-refractivity contribution in [2.45, 2.75) is 12.8 Å². The maximum atomic E-state index is 11.2. The summed E-state index contributed by atoms with van der Waals surface area (Å²) in [5, 5.41) is 1.59. The molecule has 1 rings (SSSR count).